The predicted octanol–water partition coefficient (Wildman–Crippen LogP) is 2.22. The highest BCUT2D eigenvalue weighted by Gasteiger charge is 2.22. The van der Waals surface area contributed by atoms with Crippen LogP contribution in [0.3, 0.4) is 0 Å². The molecule has 0 saturated carbocycles. The van der Waals surface area contributed by atoms with Crippen molar-refractivity contribution in [1.82, 2.24) is 5.32 Å². The Morgan fingerprint density at radius 2 is 2.38 bits per heavy atom. The molecule has 0 spiro atoms. The molecule has 0 aromatic carbocycles. The van der Waals surface area contributed by atoms with E-state index in [-0.39, 0.29) is 24.2 Å². The number of hydrogen-bond acceptors (Lipinski definition) is 3. The minimum absolute atomic E-state index is 0.00400. The third-order valence-corrected chi connectivity index (χ3v) is 3.79. The van der Waals surface area contributed by atoms with Gasteiger partial charge in [0, 0.05) is 4.88 Å². The van der Waals surface area contributed by atoms with E-state index < -0.39 is 0 Å². The maximum Gasteiger partial charge on any atom is 0.227 e. The maximum atomic E-state index is 11.5. The van der Waals surface area contributed by atoms with Gasteiger partial charge in [-0.05, 0) is 43.2 Å². The molecule has 1 aromatic heterocycles. The Balaban J connectivity index is 2.02. The van der Waals surface area contributed by atoms with E-state index in [0.29, 0.717) is 0 Å². The van der Waals surface area contributed by atoms with Crippen molar-refractivity contribution in [3.63, 3.8) is 0 Å². The number of fused-ring (bicyclic) bond motifs is 1. The summed E-state index contributed by atoms with van der Waals surface area (Å²) in [6.07, 6.45) is 3.20. The largest absolute Gasteiger partial charge is 0.349 e. The van der Waals surface area contributed by atoms with Crippen LogP contribution in [0.25, 0.3) is 0 Å². The van der Waals surface area contributed by atoms with E-state index in [1.165, 1.54) is 17.4 Å². The Labute approximate surface area is 98.9 Å². The zero-order chi connectivity index (χ0) is 11.5. The molecular formula is C12H15NO2S. The molecule has 1 N–H and O–H groups in total. The molecule has 1 aromatic rings. The SMILES string of the molecule is CC(=O)CC(=O)NC1CCCc2sccc21. The molecule has 4 heteroatoms. The average Bonchev–Trinajstić information content (AvgIpc) is 2.65. The molecule has 2 rings (SSSR count). The molecular weight excluding hydrogens is 222 g/mol. The number of thiophene rings is 1. The van der Waals surface area contributed by atoms with Gasteiger partial charge in [0.15, 0.2) is 0 Å². The minimum Gasteiger partial charge on any atom is -0.349 e. The third-order valence-electron chi connectivity index (χ3n) is 2.80. The number of carbonyl (C=O) groups is 2. The van der Waals surface area contributed by atoms with Crippen molar-refractivity contribution in [3.05, 3.63) is 21.9 Å². The number of aryl methyl sites for hydroxylation is 1. The quantitative estimate of drug-likeness (QED) is 0.819. The number of Topliss-reactive ketones (excluding diaryl/α,β-unsaturated/α-hetero) is 1. The van der Waals surface area contributed by atoms with Crippen LogP contribution in [0.4, 0.5) is 0 Å². The van der Waals surface area contributed by atoms with Crippen molar-refractivity contribution in [3.8, 4) is 0 Å². The van der Waals surface area contributed by atoms with Crippen LogP contribution in [-0.2, 0) is 16.0 Å². The van der Waals surface area contributed by atoms with Crippen molar-refractivity contribution in [1.29, 1.82) is 0 Å². The van der Waals surface area contributed by atoms with E-state index in [1.54, 1.807) is 11.3 Å². The molecule has 1 aliphatic carbocycles. The molecule has 16 heavy (non-hydrogen) atoms. The molecule has 1 heterocycles. The first-order valence-corrected chi connectivity index (χ1v) is 6.40. The number of ketones is 1. The fraction of sp³-hybridized carbons (Fsp3) is 0.500. The monoisotopic (exact) mass is 237 g/mol. The predicted molar refractivity (Wildman–Crippen MR) is 63.4 cm³/mol. The molecule has 1 atom stereocenters. The van der Waals surface area contributed by atoms with Gasteiger partial charge in [-0.3, -0.25) is 9.59 Å². The molecule has 1 aliphatic rings. The summed E-state index contributed by atoms with van der Waals surface area (Å²) in [6.45, 7) is 1.44. The molecule has 3 nitrogen and oxygen atoms in total. The number of carbonyl (C=O) groups excluding carboxylic acids is 2. The lowest BCUT2D eigenvalue weighted by molar-refractivity contribution is -0.127. The minimum atomic E-state index is -0.156. The van der Waals surface area contributed by atoms with Gasteiger partial charge in [0.2, 0.25) is 5.91 Å². The molecule has 1 amide bonds. The molecule has 1 unspecified atom stereocenters. The molecule has 0 aliphatic heterocycles. The Morgan fingerprint density at radius 3 is 3.12 bits per heavy atom. The third kappa shape index (κ3) is 2.50. The summed E-state index contributed by atoms with van der Waals surface area (Å²) in [4.78, 5) is 23.7. The first-order chi connectivity index (χ1) is 7.66. The van der Waals surface area contributed by atoms with Gasteiger partial charge in [-0.15, -0.1) is 11.3 Å². The molecule has 0 fully saturated rings. The second kappa shape index (κ2) is 4.78. The number of amides is 1. The summed E-state index contributed by atoms with van der Waals surface area (Å²) in [6, 6.07) is 2.19. The summed E-state index contributed by atoms with van der Waals surface area (Å²) < 4.78 is 0. The van der Waals surface area contributed by atoms with Crippen LogP contribution in [0.2, 0.25) is 0 Å². The van der Waals surface area contributed by atoms with Crippen molar-refractivity contribution in [2.75, 3.05) is 0 Å². The maximum absolute atomic E-state index is 11.5. The smallest absolute Gasteiger partial charge is 0.227 e. The van der Waals surface area contributed by atoms with Crippen LogP contribution in [0, 0.1) is 0 Å². The fourth-order valence-electron chi connectivity index (χ4n) is 2.11. The van der Waals surface area contributed by atoms with E-state index in [4.69, 9.17) is 0 Å². The second-order valence-corrected chi connectivity index (χ2v) is 5.19. The topological polar surface area (TPSA) is 46.2 Å². The first-order valence-electron chi connectivity index (χ1n) is 5.52. The lowest BCUT2D eigenvalue weighted by atomic mass is 9.94. The van der Waals surface area contributed by atoms with Gasteiger partial charge >= 0.3 is 0 Å². The van der Waals surface area contributed by atoms with Crippen molar-refractivity contribution >= 4 is 23.0 Å². The Hall–Kier alpha value is -1.16. The van der Waals surface area contributed by atoms with Crippen LogP contribution in [-0.4, -0.2) is 11.7 Å². The average molecular weight is 237 g/mol. The number of rotatable bonds is 3. The van der Waals surface area contributed by atoms with Crippen molar-refractivity contribution in [2.45, 2.75) is 38.6 Å². The first kappa shape index (κ1) is 11.3. The number of nitrogens with one attached hydrogen (secondary N) is 1. The van der Waals surface area contributed by atoms with E-state index in [1.807, 2.05) is 0 Å². The summed E-state index contributed by atoms with van der Waals surface area (Å²) in [5, 5.41) is 5.01. The Kier molecular flexibility index (Phi) is 3.39. The van der Waals surface area contributed by atoms with Crippen LogP contribution in [0.15, 0.2) is 11.4 Å². The highest BCUT2D eigenvalue weighted by Crippen LogP contribution is 2.33. The van der Waals surface area contributed by atoms with Crippen molar-refractivity contribution < 1.29 is 9.59 Å². The van der Waals surface area contributed by atoms with Crippen LogP contribution in [0.1, 0.15) is 42.7 Å². The standard InChI is InChI=1S/C12H15NO2S/c1-8(14)7-12(15)13-10-3-2-4-11-9(10)5-6-16-11/h5-6,10H,2-4,7H2,1H3,(H,13,15). The van der Waals surface area contributed by atoms with E-state index in [0.717, 1.165) is 19.3 Å². The molecule has 0 radical (unpaired) electrons. The van der Waals surface area contributed by atoms with Gasteiger partial charge in [0.1, 0.15) is 5.78 Å². The summed E-state index contributed by atoms with van der Waals surface area (Å²) in [5.74, 6) is -0.240. The van der Waals surface area contributed by atoms with Crippen LogP contribution < -0.4 is 5.32 Å². The summed E-state index contributed by atoms with van der Waals surface area (Å²) in [5.41, 5.74) is 1.24. The van der Waals surface area contributed by atoms with Crippen molar-refractivity contribution in [2.24, 2.45) is 0 Å². The summed E-state index contributed by atoms with van der Waals surface area (Å²) in [7, 11) is 0. The molecule has 86 valence electrons. The molecule has 0 saturated heterocycles. The molecule has 0 bridgehead atoms. The van der Waals surface area contributed by atoms with E-state index in [2.05, 4.69) is 16.8 Å². The lowest BCUT2D eigenvalue weighted by Crippen LogP contribution is -2.31. The van der Waals surface area contributed by atoms with Gasteiger partial charge in [-0.2, -0.15) is 0 Å². The van der Waals surface area contributed by atoms with Crippen LogP contribution >= 0.6 is 11.3 Å². The zero-order valence-electron chi connectivity index (χ0n) is 9.29. The van der Waals surface area contributed by atoms with Gasteiger partial charge in [0.05, 0.1) is 12.5 Å². The van der Waals surface area contributed by atoms with Gasteiger partial charge in [0.25, 0.3) is 0 Å². The van der Waals surface area contributed by atoms with E-state index >= 15 is 0 Å². The highest BCUT2D eigenvalue weighted by atomic mass is 32.1. The van der Waals surface area contributed by atoms with Gasteiger partial charge < -0.3 is 5.32 Å². The van der Waals surface area contributed by atoms with Gasteiger partial charge in [-0.1, -0.05) is 0 Å². The Morgan fingerprint density at radius 1 is 1.56 bits per heavy atom. The second-order valence-electron chi connectivity index (χ2n) is 4.19. The van der Waals surface area contributed by atoms with E-state index in [9.17, 15) is 9.59 Å². The Bertz CT molecular complexity index is 411. The highest BCUT2D eigenvalue weighted by molar-refractivity contribution is 7.10. The zero-order valence-corrected chi connectivity index (χ0v) is 10.1. The normalized spacial score (nSPS) is 18.9. The fourth-order valence-corrected chi connectivity index (χ4v) is 3.10. The number of hydrogen-bond donors (Lipinski definition) is 1. The summed E-state index contributed by atoms with van der Waals surface area (Å²) >= 11 is 1.75. The van der Waals surface area contributed by atoms with Gasteiger partial charge in [-0.25, -0.2) is 0 Å². The lowest BCUT2D eigenvalue weighted by Gasteiger charge is -2.23. The van der Waals surface area contributed by atoms with Crippen LogP contribution in [0.5, 0.6) is 0 Å².